The molecular formula is C17H26FN3O2. The van der Waals surface area contributed by atoms with Crippen LogP contribution in [0.4, 0.5) is 20.6 Å². The summed E-state index contributed by atoms with van der Waals surface area (Å²) in [6, 6.07) is 4.57. The first-order valence-electron chi connectivity index (χ1n) is 8.04. The molecule has 0 aliphatic heterocycles. The largest absolute Gasteiger partial charge is 0.444 e. The van der Waals surface area contributed by atoms with Crippen molar-refractivity contribution in [1.29, 1.82) is 0 Å². The SMILES string of the molecule is CC(C)(C)OC(=O)Nc1ccc(F)cc1NC1CCCC(N)C1. The molecule has 0 bridgehead atoms. The Morgan fingerprint density at radius 1 is 1.30 bits per heavy atom. The molecule has 23 heavy (non-hydrogen) atoms. The molecule has 1 aromatic carbocycles. The van der Waals surface area contributed by atoms with Gasteiger partial charge in [-0.1, -0.05) is 0 Å². The molecule has 1 aliphatic rings. The van der Waals surface area contributed by atoms with Crippen LogP contribution in [0, 0.1) is 5.82 Å². The lowest BCUT2D eigenvalue weighted by Crippen LogP contribution is -2.35. The molecule has 0 spiro atoms. The van der Waals surface area contributed by atoms with E-state index in [-0.39, 0.29) is 17.9 Å². The summed E-state index contributed by atoms with van der Waals surface area (Å²) in [6.45, 7) is 5.37. The Kier molecular flexibility index (Phi) is 5.46. The minimum absolute atomic E-state index is 0.164. The van der Waals surface area contributed by atoms with E-state index in [2.05, 4.69) is 10.6 Å². The van der Waals surface area contributed by atoms with Crippen molar-refractivity contribution in [1.82, 2.24) is 0 Å². The number of hydrogen-bond acceptors (Lipinski definition) is 4. The van der Waals surface area contributed by atoms with Gasteiger partial charge in [-0.15, -0.1) is 0 Å². The molecule has 2 unspecified atom stereocenters. The molecule has 2 rings (SSSR count). The number of carbonyl (C=O) groups is 1. The quantitative estimate of drug-likeness (QED) is 0.789. The van der Waals surface area contributed by atoms with E-state index in [1.165, 1.54) is 18.2 Å². The van der Waals surface area contributed by atoms with Gasteiger partial charge in [0.05, 0.1) is 11.4 Å². The standard InChI is InChI=1S/C17H26FN3O2/c1-17(2,3)23-16(22)21-14-8-7-11(18)9-15(14)20-13-6-4-5-12(19)10-13/h7-9,12-13,20H,4-6,10,19H2,1-3H3,(H,21,22). The molecule has 1 fully saturated rings. The van der Waals surface area contributed by atoms with E-state index in [0.29, 0.717) is 11.4 Å². The number of carbonyl (C=O) groups excluding carboxylic acids is 1. The van der Waals surface area contributed by atoms with Crippen molar-refractivity contribution >= 4 is 17.5 Å². The van der Waals surface area contributed by atoms with Crippen molar-refractivity contribution in [3.63, 3.8) is 0 Å². The third-order valence-electron chi connectivity index (χ3n) is 3.69. The topological polar surface area (TPSA) is 76.4 Å². The number of rotatable bonds is 3. The van der Waals surface area contributed by atoms with Crippen LogP contribution in [0.1, 0.15) is 46.5 Å². The Morgan fingerprint density at radius 3 is 2.70 bits per heavy atom. The molecule has 1 amide bonds. The Labute approximate surface area is 136 Å². The summed E-state index contributed by atoms with van der Waals surface area (Å²) in [5, 5.41) is 5.97. The number of benzene rings is 1. The number of halogens is 1. The van der Waals surface area contributed by atoms with Gasteiger partial charge in [0, 0.05) is 12.1 Å². The number of ether oxygens (including phenoxy) is 1. The Bertz CT molecular complexity index is 557. The molecule has 1 saturated carbocycles. The van der Waals surface area contributed by atoms with Crippen LogP contribution in [0.3, 0.4) is 0 Å². The molecule has 4 N–H and O–H groups in total. The predicted molar refractivity (Wildman–Crippen MR) is 90.1 cm³/mol. The molecule has 0 aromatic heterocycles. The van der Waals surface area contributed by atoms with Crippen molar-refractivity contribution in [3.8, 4) is 0 Å². The number of nitrogens with one attached hydrogen (secondary N) is 2. The number of amides is 1. The van der Waals surface area contributed by atoms with Crippen molar-refractivity contribution < 1.29 is 13.9 Å². The molecule has 5 nitrogen and oxygen atoms in total. The number of anilines is 2. The van der Waals surface area contributed by atoms with E-state index < -0.39 is 11.7 Å². The zero-order chi connectivity index (χ0) is 17.0. The van der Waals surface area contributed by atoms with Gasteiger partial charge in [-0.05, 0) is 64.7 Å². The van der Waals surface area contributed by atoms with Gasteiger partial charge in [-0.25, -0.2) is 9.18 Å². The second-order valence-electron chi connectivity index (χ2n) is 7.08. The molecule has 1 aliphatic carbocycles. The number of nitrogens with two attached hydrogens (primary N) is 1. The highest BCUT2D eigenvalue weighted by atomic mass is 19.1. The van der Waals surface area contributed by atoms with Crippen molar-refractivity contribution in [2.24, 2.45) is 5.73 Å². The first-order chi connectivity index (χ1) is 10.7. The van der Waals surface area contributed by atoms with Gasteiger partial charge in [0.1, 0.15) is 11.4 Å². The van der Waals surface area contributed by atoms with Crippen LogP contribution >= 0.6 is 0 Å². The zero-order valence-corrected chi connectivity index (χ0v) is 14.0. The van der Waals surface area contributed by atoms with E-state index in [4.69, 9.17) is 10.5 Å². The lowest BCUT2D eigenvalue weighted by Gasteiger charge is -2.29. The highest BCUT2D eigenvalue weighted by Gasteiger charge is 2.21. The fourth-order valence-electron chi connectivity index (χ4n) is 2.74. The molecule has 2 atom stereocenters. The lowest BCUT2D eigenvalue weighted by atomic mass is 9.91. The van der Waals surface area contributed by atoms with Gasteiger partial charge >= 0.3 is 6.09 Å². The van der Waals surface area contributed by atoms with Gasteiger partial charge < -0.3 is 15.8 Å². The molecule has 1 aromatic rings. The number of hydrogen-bond donors (Lipinski definition) is 3. The average Bonchev–Trinajstić information content (AvgIpc) is 2.40. The van der Waals surface area contributed by atoms with E-state index >= 15 is 0 Å². The van der Waals surface area contributed by atoms with Crippen LogP contribution in [0.2, 0.25) is 0 Å². The van der Waals surface area contributed by atoms with Crippen LogP contribution in [0.5, 0.6) is 0 Å². The molecule has 6 heteroatoms. The summed E-state index contributed by atoms with van der Waals surface area (Å²) in [4.78, 5) is 11.9. The normalized spacial score (nSPS) is 21.6. The summed E-state index contributed by atoms with van der Waals surface area (Å²) in [6.07, 6.45) is 3.32. The third-order valence-corrected chi connectivity index (χ3v) is 3.69. The Hall–Kier alpha value is -1.82. The highest BCUT2D eigenvalue weighted by Crippen LogP contribution is 2.28. The molecule has 0 heterocycles. The van der Waals surface area contributed by atoms with Crippen molar-refractivity contribution in [3.05, 3.63) is 24.0 Å². The third kappa shape index (κ3) is 5.71. The molecule has 0 saturated heterocycles. The first-order valence-corrected chi connectivity index (χ1v) is 8.04. The van der Waals surface area contributed by atoms with Crippen LogP contribution in [0.25, 0.3) is 0 Å². The van der Waals surface area contributed by atoms with Gasteiger partial charge in [-0.3, -0.25) is 5.32 Å². The second-order valence-corrected chi connectivity index (χ2v) is 7.08. The van der Waals surface area contributed by atoms with Gasteiger partial charge in [0.15, 0.2) is 0 Å². The summed E-state index contributed by atoms with van der Waals surface area (Å²) >= 11 is 0. The predicted octanol–water partition coefficient (Wildman–Crippen LogP) is 3.85. The molecule has 0 radical (unpaired) electrons. The van der Waals surface area contributed by atoms with E-state index in [1.807, 2.05) is 0 Å². The van der Waals surface area contributed by atoms with Crippen LogP contribution in [0.15, 0.2) is 18.2 Å². The maximum atomic E-state index is 13.6. The summed E-state index contributed by atoms with van der Waals surface area (Å²) in [5.74, 6) is -0.359. The van der Waals surface area contributed by atoms with E-state index in [9.17, 15) is 9.18 Å². The second kappa shape index (κ2) is 7.17. The first kappa shape index (κ1) is 17.5. The fraction of sp³-hybridized carbons (Fsp3) is 0.588. The van der Waals surface area contributed by atoms with Crippen LogP contribution in [-0.4, -0.2) is 23.8 Å². The van der Waals surface area contributed by atoms with Crippen molar-refractivity contribution in [2.45, 2.75) is 64.1 Å². The van der Waals surface area contributed by atoms with Crippen LogP contribution in [-0.2, 0) is 4.74 Å². The summed E-state index contributed by atoms with van der Waals surface area (Å²) in [5.41, 5.74) is 6.45. The highest BCUT2D eigenvalue weighted by molar-refractivity contribution is 5.89. The summed E-state index contributed by atoms with van der Waals surface area (Å²) < 4.78 is 18.8. The average molecular weight is 323 g/mol. The van der Waals surface area contributed by atoms with Gasteiger partial charge in [0.25, 0.3) is 0 Å². The maximum Gasteiger partial charge on any atom is 0.412 e. The smallest absolute Gasteiger partial charge is 0.412 e. The minimum Gasteiger partial charge on any atom is -0.444 e. The summed E-state index contributed by atoms with van der Waals surface area (Å²) in [7, 11) is 0. The monoisotopic (exact) mass is 323 g/mol. The fourth-order valence-corrected chi connectivity index (χ4v) is 2.74. The Balaban J connectivity index is 2.09. The van der Waals surface area contributed by atoms with E-state index in [1.54, 1.807) is 20.8 Å². The van der Waals surface area contributed by atoms with Gasteiger partial charge in [0.2, 0.25) is 0 Å². The van der Waals surface area contributed by atoms with E-state index in [0.717, 1.165) is 25.7 Å². The lowest BCUT2D eigenvalue weighted by molar-refractivity contribution is 0.0636. The minimum atomic E-state index is -0.589. The maximum absolute atomic E-state index is 13.6. The Morgan fingerprint density at radius 2 is 2.04 bits per heavy atom. The van der Waals surface area contributed by atoms with Crippen LogP contribution < -0.4 is 16.4 Å². The van der Waals surface area contributed by atoms with Gasteiger partial charge in [-0.2, -0.15) is 0 Å². The zero-order valence-electron chi connectivity index (χ0n) is 14.0. The molecule has 128 valence electrons. The van der Waals surface area contributed by atoms with Crippen molar-refractivity contribution in [2.75, 3.05) is 10.6 Å². The molecular weight excluding hydrogens is 297 g/mol.